The molecule has 2 aromatic heterocycles. The van der Waals surface area contributed by atoms with E-state index in [2.05, 4.69) is 155 Å². The molecule has 2 N–H and O–H groups in total. The van der Waals surface area contributed by atoms with E-state index in [1.807, 2.05) is 12.1 Å². The largest absolute Gasteiger partial charge is 0.357 e. The van der Waals surface area contributed by atoms with Crippen LogP contribution in [0.15, 0.2) is 121 Å². The average Bonchev–Trinajstić information content (AvgIpc) is 4.24. The van der Waals surface area contributed by atoms with Crippen LogP contribution in [-0.4, -0.2) is 54.6 Å². The molecule has 69 heavy (non-hydrogen) atoms. The van der Waals surface area contributed by atoms with Gasteiger partial charge in [-0.05, 0) is 134 Å². The molecule has 5 heterocycles. The van der Waals surface area contributed by atoms with E-state index in [1.165, 1.54) is 22.4 Å². The molecule has 5 aliphatic rings. The van der Waals surface area contributed by atoms with Gasteiger partial charge >= 0.3 is 0 Å². The number of carbonyl (C=O) groups is 2. The van der Waals surface area contributed by atoms with E-state index < -0.39 is 10.8 Å². The molecule has 4 atom stereocenters. The normalized spacial score (nSPS) is 23.5. The van der Waals surface area contributed by atoms with Crippen molar-refractivity contribution in [2.24, 2.45) is 0 Å². The zero-order chi connectivity index (χ0) is 46.9. The number of aromatic amines is 2. The minimum Gasteiger partial charge on any atom is -0.357 e. The second kappa shape index (κ2) is 17.3. The van der Waals surface area contributed by atoms with Gasteiger partial charge in [0.15, 0.2) is 0 Å². The van der Waals surface area contributed by atoms with Gasteiger partial charge in [-0.3, -0.25) is 9.59 Å². The fraction of sp³-hybridized carbons (Fsp3) is 0.433. The van der Waals surface area contributed by atoms with E-state index in [4.69, 9.17) is 9.97 Å². The average molecular weight is 918 g/mol. The summed E-state index contributed by atoms with van der Waals surface area (Å²) >= 11 is 0. The van der Waals surface area contributed by atoms with Gasteiger partial charge in [-0.1, -0.05) is 131 Å². The highest BCUT2D eigenvalue weighted by Gasteiger charge is 2.49. The summed E-state index contributed by atoms with van der Waals surface area (Å²) in [7, 11) is 0. The number of carbonyl (C=O) groups excluding carboxylic acids is 2. The smallest absolute Gasteiger partial charge is 0.233 e. The van der Waals surface area contributed by atoms with E-state index >= 15 is 0 Å². The van der Waals surface area contributed by atoms with Gasteiger partial charge < -0.3 is 24.7 Å². The Bertz CT molecular complexity index is 2820. The summed E-state index contributed by atoms with van der Waals surface area (Å²) in [5.74, 6) is 2.35. The van der Waals surface area contributed by atoms with Crippen LogP contribution in [0.4, 0.5) is 5.69 Å². The van der Waals surface area contributed by atoms with E-state index in [-0.39, 0.29) is 41.4 Å². The molecule has 3 aliphatic heterocycles. The van der Waals surface area contributed by atoms with Crippen LogP contribution in [0.1, 0.15) is 174 Å². The molecule has 2 aliphatic carbocycles. The molecule has 5 fully saturated rings. The predicted molar refractivity (Wildman–Crippen MR) is 275 cm³/mol. The maximum atomic E-state index is 14.7. The first-order chi connectivity index (χ1) is 33.6. The number of likely N-dealkylation sites (tertiary alicyclic amines) is 2. The quantitative estimate of drug-likeness (QED) is 0.150. The molecule has 5 aromatic carbocycles. The number of amides is 2. The number of benzene rings is 5. The third-order valence-electron chi connectivity index (χ3n) is 17.3. The van der Waals surface area contributed by atoms with E-state index in [9.17, 15) is 9.59 Å². The fourth-order valence-corrected chi connectivity index (χ4v) is 13.6. The van der Waals surface area contributed by atoms with Crippen LogP contribution < -0.4 is 4.90 Å². The molecule has 0 bridgehead atoms. The van der Waals surface area contributed by atoms with Gasteiger partial charge in [-0.2, -0.15) is 0 Å². The monoisotopic (exact) mass is 918 g/mol. The second-order valence-corrected chi connectivity index (χ2v) is 22.2. The Balaban J connectivity index is 0.842. The van der Waals surface area contributed by atoms with Crippen molar-refractivity contribution in [3.05, 3.63) is 161 Å². The summed E-state index contributed by atoms with van der Waals surface area (Å²) in [4.78, 5) is 54.4. The summed E-state index contributed by atoms with van der Waals surface area (Å²) in [5.41, 5.74) is 10.5. The van der Waals surface area contributed by atoms with Gasteiger partial charge in [-0.15, -0.1) is 0 Å². The SMILES string of the molecule is CC(C)(C)c1ccc(N2C(c3ccc4nc([C@@H]5CCCN5C(=O)C5(c6ccccc6)CCCC5)[nH]c4c3)CC[C@@H]2c2ccc3nc([C@@H]4CCCN4C(=O)C4(c5ccccc5)CCCC4)[nH]c3c2)cc1. The maximum Gasteiger partial charge on any atom is 0.233 e. The van der Waals surface area contributed by atoms with Crippen LogP contribution in [0.25, 0.3) is 22.1 Å². The first-order valence-electron chi connectivity index (χ1n) is 26.2. The summed E-state index contributed by atoms with van der Waals surface area (Å²) in [6.45, 7) is 8.37. The topological polar surface area (TPSA) is 101 Å². The molecule has 0 spiro atoms. The number of fused-ring (bicyclic) bond motifs is 2. The van der Waals surface area contributed by atoms with E-state index in [0.29, 0.717) is 0 Å². The molecule has 0 radical (unpaired) electrons. The van der Waals surface area contributed by atoms with Crippen LogP contribution in [0.5, 0.6) is 0 Å². The molecule has 7 aromatic rings. The Morgan fingerprint density at radius 2 is 0.957 bits per heavy atom. The zero-order valence-corrected chi connectivity index (χ0v) is 40.7. The summed E-state index contributed by atoms with van der Waals surface area (Å²) < 4.78 is 0. The van der Waals surface area contributed by atoms with Gasteiger partial charge in [0.05, 0.1) is 57.1 Å². The highest BCUT2D eigenvalue weighted by atomic mass is 16.2. The highest BCUT2D eigenvalue weighted by molar-refractivity contribution is 5.90. The van der Waals surface area contributed by atoms with Crippen LogP contribution in [-0.2, 0) is 25.8 Å². The summed E-state index contributed by atoms with van der Waals surface area (Å²) in [6.07, 6.45) is 13.8. The Hall–Kier alpha value is -6.22. The minimum absolute atomic E-state index is 0.0482. The maximum absolute atomic E-state index is 14.7. The molecule has 9 heteroatoms. The number of imidazole rings is 2. The van der Waals surface area contributed by atoms with Gasteiger partial charge in [0.2, 0.25) is 11.8 Å². The van der Waals surface area contributed by atoms with Crippen molar-refractivity contribution in [3.63, 3.8) is 0 Å². The fourth-order valence-electron chi connectivity index (χ4n) is 13.6. The first-order valence-corrected chi connectivity index (χ1v) is 26.2. The number of rotatable bonds is 9. The van der Waals surface area contributed by atoms with Crippen LogP contribution in [0.3, 0.4) is 0 Å². The van der Waals surface area contributed by atoms with Crippen molar-refractivity contribution in [3.8, 4) is 0 Å². The van der Waals surface area contributed by atoms with Gasteiger partial charge in [-0.25, -0.2) is 9.97 Å². The Kier molecular flexibility index (Phi) is 11.1. The van der Waals surface area contributed by atoms with E-state index in [0.717, 1.165) is 148 Å². The molecule has 2 saturated carbocycles. The van der Waals surface area contributed by atoms with Crippen molar-refractivity contribution >= 4 is 39.6 Å². The number of hydrogen-bond acceptors (Lipinski definition) is 5. The van der Waals surface area contributed by atoms with Gasteiger partial charge in [0, 0.05) is 18.8 Å². The van der Waals surface area contributed by atoms with Crippen LogP contribution in [0, 0.1) is 0 Å². The lowest BCUT2D eigenvalue weighted by molar-refractivity contribution is -0.139. The number of nitrogens with zero attached hydrogens (tertiary/aromatic N) is 5. The third-order valence-corrected chi connectivity index (χ3v) is 17.3. The molecular formula is C60H67N7O2. The number of aromatic nitrogens is 4. The van der Waals surface area contributed by atoms with Crippen molar-refractivity contribution in [1.29, 1.82) is 0 Å². The predicted octanol–water partition coefficient (Wildman–Crippen LogP) is 13.2. The lowest BCUT2D eigenvalue weighted by Gasteiger charge is -2.35. The number of hydrogen-bond donors (Lipinski definition) is 2. The van der Waals surface area contributed by atoms with Crippen LogP contribution in [0.2, 0.25) is 0 Å². The highest BCUT2D eigenvalue weighted by Crippen LogP contribution is 2.50. The first kappa shape index (κ1) is 44.0. The zero-order valence-electron chi connectivity index (χ0n) is 40.7. The number of H-pyrrole nitrogens is 2. The number of anilines is 1. The Labute approximate surface area is 407 Å². The van der Waals surface area contributed by atoms with Gasteiger partial charge in [0.1, 0.15) is 11.6 Å². The summed E-state index contributed by atoms with van der Waals surface area (Å²) in [6, 6.07) is 44.1. The Morgan fingerprint density at radius 3 is 1.38 bits per heavy atom. The molecule has 3 saturated heterocycles. The molecule has 9 nitrogen and oxygen atoms in total. The molecule has 1 unspecified atom stereocenters. The lowest BCUT2D eigenvalue weighted by Crippen LogP contribution is -2.45. The molecule has 12 rings (SSSR count). The van der Waals surface area contributed by atoms with Crippen molar-refractivity contribution in [1.82, 2.24) is 29.7 Å². The van der Waals surface area contributed by atoms with E-state index in [1.54, 1.807) is 0 Å². The van der Waals surface area contributed by atoms with Crippen LogP contribution >= 0.6 is 0 Å². The second-order valence-electron chi connectivity index (χ2n) is 22.2. The van der Waals surface area contributed by atoms with Gasteiger partial charge in [0.25, 0.3) is 0 Å². The number of nitrogens with one attached hydrogen (secondary N) is 2. The molecular weight excluding hydrogens is 851 g/mol. The summed E-state index contributed by atoms with van der Waals surface area (Å²) in [5, 5.41) is 0. The molecule has 354 valence electrons. The lowest BCUT2D eigenvalue weighted by atomic mass is 9.77. The van der Waals surface area contributed by atoms with Crippen molar-refractivity contribution in [2.45, 2.75) is 151 Å². The standard InChI is InChI=1S/C60H67N7O2/c1-58(2,3)42-24-26-45(27-25-42)67-50(40-22-28-46-48(38-40)63-54(61-46)52-20-14-36-65(52)56(68)59(32-10-11-33-59)43-16-6-4-7-17-43)30-31-51(67)41-23-29-47-49(39-41)64-55(62-47)53-21-15-37-66(53)57(69)60(34-12-13-35-60)44-18-8-5-9-19-44/h4-9,16-19,22-29,38-39,50-53H,10-15,20-21,30-37H2,1-3H3,(H,61,63)(H,62,64)/t50-,51?,52+,53+/m1/s1. The van der Waals surface area contributed by atoms with Crippen molar-refractivity contribution < 1.29 is 9.59 Å². The van der Waals surface area contributed by atoms with Crippen molar-refractivity contribution in [2.75, 3.05) is 18.0 Å². The molecule has 2 amide bonds. The minimum atomic E-state index is -0.445. The Morgan fingerprint density at radius 1 is 0.522 bits per heavy atom. The third kappa shape index (κ3) is 7.57.